The molecule has 28 heavy (non-hydrogen) atoms. The third-order valence-corrected chi connectivity index (χ3v) is 6.26. The highest BCUT2D eigenvalue weighted by Gasteiger charge is 2.43. The predicted molar refractivity (Wildman–Crippen MR) is 104 cm³/mol. The second-order valence-electron chi connectivity index (χ2n) is 7.97. The average Bonchev–Trinajstić information content (AvgIpc) is 2.70. The van der Waals surface area contributed by atoms with E-state index in [1.165, 1.54) is 7.11 Å². The maximum atomic E-state index is 11.8. The summed E-state index contributed by atoms with van der Waals surface area (Å²) in [5, 5.41) is 3.43. The molecule has 0 atom stereocenters. The van der Waals surface area contributed by atoms with Gasteiger partial charge in [0.1, 0.15) is 23.2 Å². The van der Waals surface area contributed by atoms with Crippen LogP contribution in [0, 0.1) is 0 Å². The average molecular weight is 390 g/mol. The SMILES string of the molecule is COC(=O)c1ccc(O[C@H]2C[C@H](N3CCOC4(CCNCC4)C3)C2)cc1OC. The smallest absolute Gasteiger partial charge is 0.341 e. The Morgan fingerprint density at radius 1 is 1.25 bits per heavy atom. The highest BCUT2D eigenvalue weighted by Crippen LogP contribution is 2.36. The van der Waals surface area contributed by atoms with Gasteiger partial charge in [-0.15, -0.1) is 0 Å². The molecule has 0 amide bonds. The molecule has 1 aromatic rings. The van der Waals surface area contributed by atoms with E-state index in [2.05, 4.69) is 10.2 Å². The summed E-state index contributed by atoms with van der Waals surface area (Å²) in [6.45, 7) is 4.97. The minimum absolute atomic E-state index is 0.0481. The summed E-state index contributed by atoms with van der Waals surface area (Å²) in [7, 11) is 2.90. The van der Waals surface area contributed by atoms with Crippen LogP contribution in [0.2, 0.25) is 0 Å². The first kappa shape index (κ1) is 19.5. The Morgan fingerprint density at radius 2 is 2.04 bits per heavy atom. The largest absolute Gasteiger partial charge is 0.496 e. The number of carbonyl (C=O) groups excluding carboxylic acids is 1. The van der Waals surface area contributed by atoms with E-state index in [0.29, 0.717) is 17.4 Å². The van der Waals surface area contributed by atoms with Crippen molar-refractivity contribution in [3.05, 3.63) is 23.8 Å². The maximum absolute atomic E-state index is 11.8. The van der Waals surface area contributed by atoms with Gasteiger partial charge in [-0.05, 0) is 38.1 Å². The topological polar surface area (TPSA) is 69.3 Å². The number of hydrogen-bond donors (Lipinski definition) is 1. The molecule has 3 aliphatic rings. The number of piperidine rings is 1. The van der Waals surface area contributed by atoms with E-state index in [-0.39, 0.29) is 11.7 Å². The summed E-state index contributed by atoms with van der Waals surface area (Å²) in [6.07, 6.45) is 4.45. The van der Waals surface area contributed by atoms with Crippen LogP contribution in [-0.4, -0.2) is 75.6 Å². The lowest BCUT2D eigenvalue weighted by atomic mass is 9.84. The number of esters is 1. The first-order chi connectivity index (χ1) is 13.6. The van der Waals surface area contributed by atoms with Crippen LogP contribution in [0.5, 0.6) is 11.5 Å². The number of carbonyl (C=O) groups is 1. The van der Waals surface area contributed by atoms with E-state index >= 15 is 0 Å². The third-order valence-electron chi connectivity index (χ3n) is 6.26. The number of nitrogens with zero attached hydrogens (tertiary/aromatic N) is 1. The monoisotopic (exact) mass is 390 g/mol. The maximum Gasteiger partial charge on any atom is 0.341 e. The van der Waals surface area contributed by atoms with E-state index in [0.717, 1.165) is 64.2 Å². The first-order valence-electron chi connectivity index (χ1n) is 10.1. The lowest BCUT2D eigenvalue weighted by Crippen LogP contribution is -2.61. The highest BCUT2D eigenvalue weighted by molar-refractivity contribution is 5.92. The molecule has 2 aliphatic heterocycles. The normalized spacial score (nSPS) is 27.1. The second kappa shape index (κ2) is 8.27. The van der Waals surface area contributed by atoms with Gasteiger partial charge >= 0.3 is 5.97 Å². The van der Waals surface area contributed by atoms with Crippen molar-refractivity contribution in [1.82, 2.24) is 10.2 Å². The zero-order chi connectivity index (χ0) is 19.6. The van der Waals surface area contributed by atoms with Crippen molar-refractivity contribution in [3.63, 3.8) is 0 Å². The van der Waals surface area contributed by atoms with Crippen LogP contribution in [-0.2, 0) is 9.47 Å². The van der Waals surface area contributed by atoms with Crippen molar-refractivity contribution < 1.29 is 23.7 Å². The van der Waals surface area contributed by atoms with E-state index in [9.17, 15) is 4.79 Å². The molecule has 0 unspecified atom stereocenters. The van der Waals surface area contributed by atoms with Crippen molar-refractivity contribution in [1.29, 1.82) is 0 Å². The fourth-order valence-electron chi connectivity index (χ4n) is 4.52. The van der Waals surface area contributed by atoms with Crippen LogP contribution in [0.1, 0.15) is 36.0 Å². The van der Waals surface area contributed by atoms with Gasteiger partial charge < -0.3 is 24.3 Å². The number of benzene rings is 1. The minimum Gasteiger partial charge on any atom is -0.496 e. The van der Waals surface area contributed by atoms with Gasteiger partial charge in [0, 0.05) is 38.0 Å². The van der Waals surface area contributed by atoms with Crippen molar-refractivity contribution >= 4 is 5.97 Å². The minimum atomic E-state index is -0.411. The summed E-state index contributed by atoms with van der Waals surface area (Å²) in [5.74, 6) is 0.789. The molecule has 0 bridgehead atoms. The molecule has 0 radical (unpaired) electrons. The van der Waals surface area contributed by atoms with Gasteiger partial charge in [-0.1, -0.05) is 0 Å². The molecule has 4 rings (SSSR count). The summed E-state index contributed by atoms with van der Waals surface area (Å²) in [6, 6.07) is 5.83. The molecule has 1 saturated carbocycles. The van der Waals surface area contributed by atoms with Crippen molar-refractivity contribution in [2.45, 2.75) is 43.4 Å². The Kier molecular flexibility index (Phi) is 5.75. The molecular formula is C21H30N2O5. The summed E-state index contributed by atoms with van der Waals surface area (Å²) in [5.41, 5.74) is 0.455. The first-order valence-corrected chi connectivity index (χ1v) is 10.1. The second-order valence-corrected chi connectivity index (χ2v) is 7.97. The van der Waals surface area contributed by atoms with Gasteiger partial charge in [0.15, 0.2) is 0 Å². The summed E-state index contributed by atoms with van der Waals surface area (Å²) in [4.78, 5) is 14.4. The van der Waals surface area contributed by atoms with Crippen LogP contribution in [0.3, 0.4) is 0 Å². The van der Waals surface area contributed by atoms with E-state index in [1.807, 2.05) is 0 Å². The number of methoxy groups -OCH3 is 2. The van der Waals surface area contributed by atoms with Gasteiger partial charge in [-0.2, -0.15) is 0 Å². The fraction of sp³-hybridized carbons (Fsp3) is 0.667. The molecule has 7 nitrogen and oxygen atoms in total. The Bertz CT molecular complexity index is 693. The van der Waals surface area contributed by atoms with Crippen LogP contribution < -0.4 is 14.8 Å². The Balaban J connectivity index is 1.31. The van der Waals surface area contributed by atoms with E-state index < -0.39 is 5.97 Å². The lowest BCUT2D eigenvalue weighted by molar-refractivity contribution is -0.145. The molecule has 154 valence electrons. The zero-order valence-corrected chi connectivity index (χ0v) is 16.7. The number of ether oxygens (including phenoxy) is 4. The van der Waals surface area contributed by atoms with Crippen molar-refractivity contribution in [2.75, 3.05) is 47.0 Å². The summed E-state index contributed by atoms with van der Waals surface area (Å²) < 4.78 is 22.4. The van der Waals surface area contributed by atoms with Gasteiger partial charge in [-0.25, -0.2) is 4.79 Å². The quantitative estimate of drug-likeness (QED) is 0.770. The molecule has 1 aliphatic carbocycles. The Hall–Kier alpha value is -1.83. The summed E-state index contributed by atoms with van der Waals surface area (Å²) >= 11 is 0. The molecule has 1 spiro atoms. The van der Waals surface area contributed by atoms with Crippen LogP contribution in [0.15, 0.2) is 18.2 Å². The van der Waals surface area contributed by atoms with E-state index in [1.54, 1.807) is 25.3 Å². The van der Waals surface area contributed by atoms with Crippen LogP contribution in [0.4, 0.5) is 0 Å². The van der Waals surface area contributed by atoms with Crippen molar-refractivity contribution in [3.8, 4) is 11.5 Å². The Morgan fingerprint density at radius 3 is 2.75 bits per heavy atom. The standard InChI is InChI=1S/C21H30N2O5/c1-25-19-13-16(3-4-18(19)20(24)26-2)28-17-11-15(12-17)23-9-10-27-21(14-23)5-7-22-8-6-21/h3-4,13,15,17,22H,5-12,14H2,1-2H3/t15-,17-. The lowest BCUT2D eigenvalue weighted by Gasteiger charge is -2.51. The molecule has 1 N–H and O–H groups in total. The van der Waals surface area contributed by atoms with Crippen LogP contribution >= 0.6 is 0 Å². The number of morpholine rings is 1. The van der Waals surface area contributed by atoms with Gasteiger partial charge in [0.2, 0.25) is 0 Å². The molecule has 1 aromatic carbocycles. The molecule has 0 aromatic heterocycles. The number of nitrogens with one attached hydrogen (secondary N) is 1. The molecule has 2 saturated heterocycles. The van der Waals surface area contributed by atoms with E-state index in [4.69, 9.17) is 18.9 Å². The molecular weight excluding hydrogens is 360 g/mol. The molecule has 7 heteroatoms. The molecule has 2 heterocycles. The predicted octanol–water partition coefficient (Wildman–Crippen LogP) is 1.85. The number of hydrogen-bond acceptors (Lipinski definition) is 7. The van der Waals surface area contributed by atoms with Crippen molar-refractivity contribution in [2.24, 2.45) is 0 Å². The van der Waals surface area contributed by atoms with Gasteiger partial charge in [0.05, 0.1) is 26.4 Å². The van der Waals surface area contributed by atoms with Gasteiger partial charge in [0.25, 0.3) is 0 Å². The van der Waals surface area contributed by atoms with Crippen LogP contribution in [0.25, 0.3) is 0 Å². The highest BCUT2D eigenvalue weighted by atomic mass is 16.5. The third kappa shape index (κ3) is 3.97. The molecule has 3 fully saturated rings. The Labute approximate surface area is 166 Å². The van der Waals surface area contributed by atoms with Gasteiger partial charge in [-0.3, -0.25) is 4.90 Å². The number of rotatable bonds is 5. The zero-order valence-electron chi connectivity index (χ0n) is 16.7. The fourth-order valence-corrected chi connectivity index (χ4v) is 4.52.